The van der Waals surface area contributed by atoms with Gasteiger partial charge in [0.1, 0.15) is 0 Å². The number of aliphatic hydroxyl groups is 1. The van der Waals surface area contributed by atoms with E-state index in [-0.39, 0.29) is 17.7 Å². The van der Waals surface area contributed by atoms with E-state index in [4.69, 9.17) is 0 Å². The Hall–Kier alpha value is -3.24. The summed E-state index contributed by atoms with van der Waals surface area (Å²) in [6.45, 7) is 3.73. The Morgan fingerprint density at radius 3 is 1.94 bits per heavy atom. The zero-order valence-corrected chi connectivity index (χ0v) is 17.4. The maximum atomic E-state index is 13.9. The maximum absolute atomic E-state index is 13.9. The first-order chi connectivity index (χ1) is 15.0. The minimum atomic E-state index is -0.946. The largest absolute Gasteiger partial charge is 0.392 e. The van der Waals surface area contributed by atoms with Gasteiger partial charge < -0.3 is 5.11 Å². The molecular weight excluding hydrogens is 386 g/mol. The molecule has 1 saturated heterocycles. The van der Waals surface area contributed by atoms with Crippen molar-refractivity contribution in [2.24, 2.45) is 11.8 Å². The van der Waals surface area contributed by atoms with Gasteiger partial charge in [0.25, 0.3) is 0 Å². The van der Waals surface area contributed by atoms with Gasteiger partial charge in [-0.25, -0.2) is 4.90 Å². The normalized spacial score (nSPS) is 28.9. The van der Waals surface area contributed by atoms with E-state index < -0.39 is 23.4 Å². The van der Waals surface area contributed by atoms with Crippen molar-refractivity contribution in [2.45, 2.75) is 31.3 Å². The number of aryl methyl sites for hydroxylation is 1. The highest BCUT2D eigenvalue weighted by Gasteiger charge is 2.69. The van der Waals surface area contributed by atoms with Gasteiger partial charge in [-0.15, -0.1) is 0 Å². The third-order valence-electron chi connectivity index (χ3n) is 7.63. The molecule has 7 rings (SSSR count). The number of imide groups is 1. The van der Waals surface area contributed by atoms with Crippen LogP contribution in [-0.2, 0) is 15.0 Å². The molecule has 0 radical (unpaired) electrons. The molecule has 31 heavy (non-hydrogen) atoms. The molecule has 0 aromatic heterocycles. The van der Waals surface area contributed by atoms with Gasteiger partial charge in [0.05, 0.1) is 29.0 Å². The number of nitrogens with zero attached hydrogens (tertiary/aromatic N) is 1. The van der Waals surface area contributed by atoms with Gasteiger partial charge >= 0.3 is 0 Å². The molecule has 2 amide bonds. The summed E-state index contributed by atoms with van der Waals surface area (Å²) in [5.41, 5.74) is 4.77. The Kier molecular flexibility index (Phi) is 3.67. The minimum Gasteiger partial charge on any atom is -0.392 e. The molecule has 4 nitrogen and oxygen atoms in total. The fourth-order valence-electron chi connectivity index (χ4n) is 6.49. The number of amides is 2. The molecule has 3 aromatic carbocycles. The van der Waals surface area contributed by atoms with E-state index in [2.05, 4.69) is 12.1 Å². The van der Waals surface area contributed by atoms with E-state index in [9.17, 15) is 14.7 Å². The third kappa shape index (κ3) is 2.08. The van der Waals surface area contributed by atoms with E-state index >= 15 is 0 Å². The van der Waals surface area contributed by atoms with Crippen LogP contribution in [0.3, 0.4) is 0 Å². The second kappa shape index (κ2) is 6.14. The minimum absolute atomic E-state index is 0.169. The van der Waals surface area contributed by atoms with Crippen molar-refractivity contribution in [1.29, 1.82) is 0 Å². The summed E-state index contributed by atoms with van der Waals surface area (Å²) in [6, 6.07) is 23.5. The molecule has 1 heterocycles. The summed E-state index contributed by atoms with van der Waals surface area (Å²) in [5, 5.41) is 11.3. The van der Waals surface area contributed by atoms with Gasteiger partial charge in [-0.05, 0) is 48.2 Å². The molecule has 1 N–H and O–H groups in total. The topological polar surface area (TPSA) is 57.6 Å². The lowest BCUT2D eigenvalue weighted by atomic mass is 9.46. The van der Waals surface area contributed by atoms with Crippen LogP contribution in [0.2, 0.25) is 0 Å². The highest BCUT2D eigenvalue weighted by molar-refractivity contribution is 6.23. The molecule has 4 aliphatic rings. The highest BCUT2D eigenvalue weighted by atomic mass is 16.3. The Morgan fingerprint density at radius 2 is 1.39 bits per heavy atom. The first kappa shape index (κ1) is 18.5. The van der Waals surface area contributed by atoms with Gasteiger partial charge in [-0.2, -0.15) is 0 Å². The molecule has 3 aliphatic carbocycles. The number of hydrogen-bond acceptors (Lipinski definition) is 3. The summed E-state index contributed by atoms with van der Waals surface area (Å²) >= 11 is 0. The predicted molar refractivity (Wildman–Crippen MR) is 118 cm³/mol. The van der Waals surface area contributed by atoms with Crippen LogP contribution >= 0.6 is 0 Å². The molecule has 1 aliphatic heterocycles. The van der Waals surface area contributed by atoms with E-state index in [0.717, 1.165) is 27.8 Å². The fourth-order valence-corrected chi connectivity index (χ4v) is 6.49. The predicted octanol–water partition coefficient (Wildman–Crippen LogP) is 3.93. The van der Waals surface area contributed by atoms with E-state index in [0.29, 0.717) is 5.69 Å². The van der Waals surface area contributed by atoms with Crippen molar-refractivity contribution in [1.82, 2.24) is 0 Å². The van der Waals surface area contributed by atoms with Crippen molar-refractivity contribution in [3.8, 4) is 0 Å². The molecule has 4 heteroatoms. The van der Waals surface area contributed by atoms with Crippen LogP contribution in [0.25, 0.3) is 0 Å². The Labute approximate surface area is 181 Å². The Balaban J connectivity index is 1.66. The lowest BCUT2D eigenvalue weighted by Crippen LogP contribution is -2.58. The first-order valence-electron chi connectivity index (χ1n) is 10.8. The number of anilines is 1. The van der Waals surface area contributed by atoms with Crippen LogP contribution in [0.1, 0.15) is 40.7 Å². The van der Waals surface area contributed by atoms with Gasteiger partial charge in [-0.3, -0.25) is 9.59 Å². The quantitative estimate of drug-likeness (QED) is 0.653. The summed E-state index contributed by atoms with van der Waals surface area (Å²) in [6.07, 6.45) is -0.835. The molecule has 3 atom stereocenters. The molecular formula is C27H23NO3. The van der Waals surface area contributed by atoms with Gasteiger partial charge in [0, 0.05) is 5.92 Å². The standard InChI is InChI=1S/C27H23NO3/c1-15-11-13-17(14-12-15)28-25(30)23-22-18-7-3-5-9-20(18)27(16(2)29,24(23)26(28)31)21-10-6-4-8-19(21)22/h3-14,16,22-24,29H,1-2H3. The molecule has 0 saturated carbocycles. The molecule has 0 spiro atoms. The second-order valence-electron chi connectivity index (χ2n) is 9.05. The van der Waals surface area contributed by atoms with Crippen molar-refractivity contribution < 1.29 is 14.7 Å². The SMILES string of the molecule is Cc1ccc(N2C(=O)C3C4c5ccccc5C(C(C)O)(c5ccccc54)C3C2=O)cc1. The monoisotopic (exact) mass is 409 g/mol. The van der Waals surface area contributed by atoms with Gasteiger partial charge in [0.2, 0.25) is 11.8 Å². The van der Waals surface area contributed by atoms with Crippen LogP contribution in [0.4, 0.5) is 5.69 Å². The van der Waals surface area contributed by atoms with Gasteiger partial charge in [0.15, 0.2) is 0 Å². The van der Waals surface area contributed by atoms with E-state index in [1.165, 1.54) is 4.90 Å². The van der Waals surface area contributed by atoms with Crippen molar-refractivity contribution >= 4 is 17.5 Å². The zero-order chi connectivity index (χ0) is 21.5. The zero-order valence-electron chi connectivity index (χ0n) is 17.4. The lowest BCUT2D eigenvalue weighted by molar-refractivity contribution is -0.126. The summed E-state index contributed by atoms with van der Waals surface area (Å²) in [7, 11) is 0. The summed E-state index contributed by atoms with van der Waals surface area (Å²) in [5.74, 6) is -1.72. The number of carbonyl (C=O) groups excluding carboxylic acids is 2. The molecule has 2 bridgehead atoms. The molecule has 154 valence electrons. The van der Waals surface area contributed by atoms with Crippen LogP contribution in [0.15, 0.2) is 72.8 Å². The fraction of sp³-hybridized carbons (Fsp3) is 0.259. The molecule has 3 aromatic rings. The summed E-state index contributed by atoms with van der Waals surface area (Å²) in [4.78, 5) is 29.1. The smallest absolute Gasteiger partial charge is 0.239 e. The average Bonchev–Trinajstić information content (AvgIpc) is 3.05. The number of aliphatic hydroxyl groups excluding tert-OH is 1. The molecule has 3 unspecified atom stereocenters. The maximum Gasteiger partial charge on any atom is 0.239 e. The van der Waals surface area contributed by atoms with E-state index in [1.807, 2.05) is 67.6 Å². The Morgan fingerprint density at radius 1 is 0.839 bits per heavy atom. The van der Waals surface area contributed by atoms with Crippen molar-refractivity contribution in [3.05, 3.63) is 101 Å². The van der Waals surface area contributed by atoms with E-state index in [1.54, 1.807) is 6.92 Å². The number of benzene rings is 3. The Bertz CT molecular complexity index is 1200. The number of carbonyl (C=O) groups is 2. The van der Waals surface area contributed by atoms with Gasteiger partial charge in [-0.1, -0.05) is 66.2 Å². The number of rotatable bonds is 2. The van der Waals surface area contributed by atoms with Crippen molar-refractivity contribution in [2.75, 3.05) is 4.90 Å². The van der Waals surface area contributed by atoms with Crippen LogP contribution < -0.4 is 4.90 Å². The highest BCUT2D eigenvalue weighted by Crippen LogP contribution is 2.65. The van der Waals surface area contributed by atoms with Crippen LogP contribution in [0.5, 0.6) is 0 Å². The molecule has 1 fully saturated rings. The first-order valence-corrected chi connectivity index (χ1v) is 10.8. The second-order valence-corrected chi connectivity index (χ2v) is 9.05. The third-order valence-corrected chi connectivity index (χ3v) is 7.63. The summed E-state index contributed by atoms with van der Waals surface area (Å²) < 4.78 is 0. The van der Waals surface area contributed by atoms with Crippen LogP contribution in [0, 0.1) is 18.8 Å². The number of hydrogen-bond donors (Lipinski definition) is 1. The average molecular weight is 409 g/mol. The lowest BCUT2D eigenvalue weighted by Gasteiger charge is -2.55. The van der Waals surface area contributed by atoms with Crippen molar-refractivity contribution in [3.63, 3.8) is 0 Å². The van der Waals surface area contributed by atoms with Crippen LogP contribution in [-0.4, -0.2) is 23.0 Å².